The van der Waals surface area contributed by atoms with Crippen LogP contribution < -0.4 is 34.2 Å². The van der Waals surface area contributed by atoms with Crippen LogP contribution in [0.2, 0.25) is 0 Å². The van der Waals surface area contributed by atoms with E-state index in [1.807, 2.05) is 25.1 Å². The smallest absolute Gasteiger partial charge is 0.543 e. The van der Waals surface area contributed by atoms with Crippen molar-refractivity contribution in [1.29, 1.82) is 0 Å². The molecule has 7 nitrogen and oxygen atoms in total. The van der Waals surface area contributed by atoms with Crippen molar-refractivity contribution in [3.63, 3.8) is 0 Å². The van der Waals surface area contributed by atoms with Gasteiger partial charge in [0.05, 0.1) is 24.1 Å². The summed E-state index contributed by atoms with van der Waals surface area (Å²) in [5, 5.41) is 13.9. The van der Waals surface area contributed by atoms with E-state index >= 15 is 0 Å². The van der Waals surface area contributed by atoms with Crippen molar-refractivity contribution in [3.8, 4) is 11.3 Å². The van der Waals surface area contributed by atoms with Gasteiger partial charge in [0, 0.05) is 37.3 Å². The molecule has 2 aromatic rings. The van der Waals surface area contributed by atoms with E-state index in [4.69, 9.17) is 0 Å². The molecular formula is C18H19LiN4O3. The molecule has 0 spiro atoms. The molecule has 8 heteroatoms. The summed E-state index contributed by atoms with van der Waals surface area (Å²) in [6.45, 7) is 5.19. The van der Waals surface area contributed by atoms with Crippen molar-refractivity contribution >= 4 is 17.6 Å². The summed E-state index contributed by atoms with van der Waals surface area (Å²) < 4.78 is 0. The van der Waals surface area contributed by atoms with Crippen LogP contribution in [-0.4, -0.2) is 41.0 Å². The SMILES string of the molecule is CC(=O)N[C@H]1CCN(c2ccc(-c3cncc(C(=O)[O-])n3)cc2C)C1.[Li+]. The zero-order chi connectivity index (χ0) is 18.0. The number of aromatic nitrogens is 2. The van der Waals surface area contributed by atoms with Crippen LogP contribution in [-0.2, 0) is 4.79 Å². The van der Waals surface area contributed by atoms with Crippen LogP contribution in [0, 0.1) is 6.92 Å². The third-order valence-corrected chi connectivity index (χ3v) is 4.27. The van der Waals surface area contributed by atoms with E-state index in [2.05, 4.69) is 20.2 Å². The van der Waals surface area contributed by atoms with Gasteiger partial charge in [-0.2, -0.15) is 0 Å². The molecule has 1 aliphatic rings. The number of carboxylic acids is 1. The number of aromatic carboxylic acids is 1. The number of benzene rings is 1. The monoisotopic (exact) mass is 346 g/mol. The molecule has 1 saturated heterocycles. The van der Waals surface area contributed by atoms with Crippen molar-refractivity contribution in [1.82, 2.24) is 15.3 Å². The average Bonchev–Trinajstić information content (AvgIpc) is 3.02. The first-order valence-electron chi connectivity index (χ1n) is 8.10. The van der Waals surface area contributed by atoms with Gasteiger partial charge >= 0.3 is 18.9 Å². The predicted molar refractivity (Wildman–Crippen MR) is 91.0 cm³/mol. The van der Waals surface area contributed by atoms with Gasteiger partial charge in [0.25, 0.3) is 0 Å². The van der Waals surface area contributed by atoms with Crippen LogP contribution in [0.5, 0.6) is 0 Å². The van der Waals surface area contributed by atoms with Gasteiger partial charge in [-0.25, -0.2) is 4.98 Å². The molecule has 0 unspecified atom stereocenters. The Balaban J connectivity index is 0.00000243. The second-order valence-electron chi connectivity index (χ2n) is 6.21. The first kappa shape index (κ1) is 20.0. The summed E-state index contributed by atoms with van der Waals surface area (Å²) in [6, 6.07) is 6.03. The van der Waals surface area contributed by atoms with Gasteiger partial charge in [-0.05, 0) is 31.0 Å². The Bertz CT molecular complexity index is 828. The number of amides is 1. The summed E-state index contributed by atoms with van der Waals surface area (Å²) in [4.78, 5) is 32.4. The number of carbonyl (C=O) groups is 2. The van der Waals surface area contributed by atoms with Crippen molar-refractivity contribution in [2.75, 3.05) is 18.0 Å². The van der Waals surface area contributed by atoms with E-state index < -0.39 is 5.97 Å². The fraction of sp³-hybridized carbons (Fsp3) is 0.333. The summed E-state index contributed by atoms with van der Waals surface area (Å²) in [6.07, 6.45) is 3.62. The Labute approximate surface area is 164 Å². The molecule has 26 heavy (non-hydrogen) atoms. The van der Waals surface area contributed by atoms with Gasteiger partial charge in [-0.3, -0.25) is 9.78 Å². The molecule has 0 saturated carbocycles. The number of nitrogens with one attached hydrogen (secondary N) is 1. The molecule has 0 aliphatic carbocycles. The first-order chi connectivity index (χ1) is 11.9. The number of carboxylic acid groups (broad SMARTS) is 1. The van der Waals surface area contributed by atoms with Gasteiger partial charge < -0.3 is 20.1 Å². The number of anilines is 1. The molecule has 0 bridgehead atoms. The largest absolute Gasteiger partial charge is 1.00 e. The van der Waals surface area contributed by atoms with E-state index in [-0.39, 0.29) is 36.5 Å². The summed E-state index contributed by atoms with van der Waals surface area (Å²) in [5.41, 5.74) is 3.27. The Hall–Kier alpha value is -2.36. The van der Waals surface area contributed by atoms with E-state index in [0.29, 0.717) is 5.69 Å². The molecule has 2 heterocycles. The average molecular weight is 346 g/mol. The van der Waals surface area contributed by atoms with Crippen molar-refractivity contribution in [3.05, 3.63) is 41.9 Å². The fourth-order valence-electron chi connectivity index (χ4n) is 3.16. The van der Waals surface area contributed by atoms with Gasteiger partial charge in [0.15, 0.2) is 0 Å². The molecule has 1 aliphatic heterocycles. The maximum absolute atomic E-state index is 11.2. The van der Waals surface area contributed by atoms with Crippen molar-refractivity contribution in [2.45, 2.75) is 26.3 Å². The second kappa shape index (κ2) is 8.34. The standard InChI is InChI=1S/C18H20N4O3.Li/c1-11-7-13(15-8-19-9-16(21-15)18(24)25)3-4-17(11)22-6-5-14(10-22)20-12(2)23;/h3-4,7-9,14H,5-6,10H2,1-2H3,(H,20,23)(H,24,25);/q;+1/p-1/t14-;/m0./s1. The van der Waals surface area contributed by atoms with E-state index in [9.17, 15) is 14.7 Å². The fourth-order valence-corrected chi connectivity index (χ4v) is 3.16. The molecule has 3 rings (SSSR count). The van der Waals surface area contributed by atoms with Crippen molar-refractivity contribution in [2.24, 2.45) is 0 Å². The van der Waals surface area contributed by atoms with E-state index in [1.54, 1.807) is 0 Å². The van der Waals surface area contributed by atoms with E-state index in [0.717, 1.165) is 36.3 Å². The number of rotatable bonds is 4. The minimum atomic E-state index is -1.34. The van der Waals surface area contributed by atoms with Crippen LogP contribution in [0.15, 0.2) is 30.6 Å². The molecule has 1 aromatic carbocycles. The molecular weight excluding hydrogens is 327 g/mol. The van der Waals surface area contributed by atoms with Gasteiger partial charge in [-0.15, -0.1) is 0 Å². The number of hydrogen-bond donors (Lipinski definition) is 1. The number of carbonyl (C=O) groups excluding carboxylic acids is 2. The maximum Gasteiger partial charge on any atom is 1.00 e. The Morgan fingerprint density at radius 1 is 1.31 bits per heavy atom. The molecule has 1 fully saturated rings. The Morgan fingerprint density at radius 2 is 2.08 bits per heavy atom. The Morgan fingerprint density at radius 3 is 2.73 bits per heavy atom. The Kier molecular flexibility index (Phi) is 6.40. The van der Waals surface area contributed by atoms with Crippen LogP contribution in [0.4, 0.5) is 5.69 Å². The zero-order valence-corrected chi connectivity index (χ0v) is 15.2. The summed E-state index contributed by atoms with van der Waals surface area (Å²) in [5.74, 6) is -1.35. The number of hydrogen-bond acceptors (Lipinski definition) is 6. The van der Waals surface area contributed by atoms with Crippen LogP contribution in [0.25, 0.3) is 11.3 Å². The quantitative estimate of drug-likeness (QED) is 0.617. The summed E-state index contributed by atoms with van der Waals surface area (Å²) in [7, 11) is 0. The summed E-state index contributed by atoms with van der Waals surface area (Å²) >= 11 is 0. The number of nitrogens with zero attached hydrogens (tertiary/aromatic N) is 3. The topological polar surface area (TPSA) is 98.2 Å². The normalized spacial score (nSPS) is 16.1. The molecule has 1 amide bonds. The van der Waals surface area contributed by atoms with Gasteiger partial charge in [0.2, 0.25) is 5.91 Å². The third kappa shape index (κ3) is 4.42. The molecule has 1 aromatic heterocycles. The second-order valence-corrected chi connectivity index (χ2v) is 6.21. The number of aryl methyl sites for hydroxylation is 1. The van der Waals surface area contributed by atoms with Crippen LogP contribution in [0.1, 0.15) is 29.4 Å². The molecule has 130 valence electrons. The third-order valence-electron chi connectivity index (χ3n) is 4.27. The minimum Gasteiger partial charge on any atom is -0.543 e. The van der Waals surface area contributed by atoms with Gasteiger partial charge in [-0.1, -0.05) is 6.07 Å². The van der Waals surface area contributed by atoms with E-state index in [1.165, 1.54) is 19.3 Å². The van der Waals surface area contributed by atoms with Crippen molar-refractivity contribution < 1.29 is 33.6 Å². The molecule has 1 N–H and O–H groups in total. The molecule has 1 atom stereocenters. The van der Waals surface area contributed by atoms with Crippen LogP contribution in [0.3, 0.4) is 0 Å². The van der Waals surface area contributed by atoms with Gasteiger partial charge in [0.1, 0.15) is 5.69 Å². The maximum atomic E-state index is 11.2. The zero-order valence-electron chi connectivity index (χ0n) is 15.2. The minimum absolute atomic E-state index is 0. The first-order valence-corrected chi connectivity index (χ1v) is 8.10. The van der Waals surface area contributed by atoms with Crippen LogP contribution >= 0.6 is 0 Å². The predicted octanol–water partition coefficient (Wildman–Crippen LogP) is -2.47. The molecule has 0 radical (unpaired) electrons.